The van der Waals surface area contributed by atoms with E-state index < -0.39 is 17.4 Å². The maximum Gasteiger partial charge on any atom is 0.325 e. The van der Waals surface area contributed by atoms with Crippen LogP contribution in [-0.4, -0.2) is 35.6 Å². The number of hydrogen-bond donors (Lipinski definition) is 1. The molecule has 0 radical (unpaired) electrons. The molecule has 9 heteroatoms. The molecule has 2 aromatic rings. The highest BCUT2D eigenvalue weighted by Crippen LogP contribution is 2.27. The van der Waals surface area contributed by atoms with Crippen LogP contribution < -0.4 is 0 Å². The third kappa shape index (κ3) is 2.19. The fourth-order valence-electron chi connectivity index (χ4n) is 1.51. The summed E-state index contributed by atoms with van der Waals surface area (Å²) in [4.78, 5) is 20.8. The molecule has 0 spiro atoms. The number of aryl methyl sites for hydroxylation is 1. The number of carboxylic acids is 1. The number of aliphatic carboxylic acids is 1. The van der Waals surface area contributed by atoms with Gasteiger partial charge in [0.2, 0.25) is 0 Å². The van der Waals surface area contributed by atoms with Crippen molar-refractivity contribution in [2.75, 3.05) is 0 Å². The molecule has 94 valence electrons. The highest BCUT2D eigenvalue weighted by molar-refractivity contribution is 5.69. The lowest BCUT2D eigenvalue weighted by molar-refractivity contribution is -0.384. The van der Waals surface area contributed by atoms with Crippen molar-refractivity contribution in [1.82, 2.24) is 19.6 Å². The van der Waals surface area contributed by atoms with Crippen LogP contribution in [0, 0.1) is 10.1 Å². The summed E-state index contributed by atoms with van der Waals surface area (Å²) < 4.78 is 2.50. The first-order chi connectivity index (χ1) is 8.47. The van der Waals surface area contributed by atoms with Crippen LogP contribution in [0.1, 0.15) is 0 Å². The first-order valence-electron chi connectivity index (χ1n) is 4.90. The summed E-state index contributed by atoms with van der Waals surface area (Å²) in [7, 11) is 1.67. The van der Waals surface area contributed by atoms with E-state index in [0.29, 0.717) is 5.56 Å². The summed E-state index contributed by atoms with van der Waals surface area (Å²) in [6.45, 7) is -0.429. The first-order valence-corrected chi connectivity index (χ1v) is 4.90. The van der Waals surface area contributed by atoms with Gasteiger partial charge in [-0.2, -0.15) is 10.2 Å². The summed E-state index contributed by atoms with van der Waals surface area (Å²) in [5.74, 6) is -1.12. The van der Waals surface area contributed by atoms with Gasteiger partial charge < -0.3 is 5.11 Å². The fourth-order valence-corrected chi connectivity index (χ4v) is 1.51. The third-order valence-corrected chi connectivity index (χ3v) is 2.21. The van der Waals surface area contributed by atoms with E-state index in [1.54, 1.807) is 13.2 Å². The lowest BCUT2D eigenvalue weighted by atomic mass is 10.2. The van der Waals surface area contributed by atoms with E-state index in [0.717, 1.165) is 10.9 Å². The van der Waals surface area contributed by atoms with Gasteiger partial charge in [0.05, 0.1) is 11.1 Å². The van der Waals surface area contributed by atoms with Crippen molar-refractivity contribution in [3.63, 3.8) is 0 Å². The second-order valence-electron chi connectivity index (χ2n) is 3.61. The minimum atomic E-state index is -1.12. The second kappa shape index (κ2) is 4.28. The maximum absolute atomic E-state index is 10.9. The van der Waals surface area contributed by atoms with E-state index in [2.05, 4.69) is 10.2 Å². The number of carboxylic acid groups (broad SMARTS) is 1. The normalized spacial score (nSPS) is 10.5. The molecule has 2 rings (SSSR count). The number of nitro groups is 1. The average Bonchev–Trinajstić information content (AvgIpc) is 2.83. The van der Waals surface area contributed by atoms with Gasteiger partial charge >= 0.3 is 11.7 Å². The zero-order valence-corrected chi connectivity index (χ0v) is 9.35. The zero-order valence-electron chi connectivity index (χ0n) is 9.35. The van der Waals surface area contributed by atoms with Gasteiger partial charge in [-0.1, -0.05) is 0 Å². The summed E-state index contributed by atoms with van der Waals surface area (Å²) in [5, 5.41) is 27.3. The quantitative estimate of drug-likeness (QED) is 0.616. The zero-order chi connectivity index (χ0) is 13.3. The van der Waals surface area contributed by atoms with Crippen LogP contribution in [0.2, 0.25) is 0 Å². The van der Waals surface area contributed by atoms with Gasteiger partial charge in [0.1, 0.15) is 12.7 Å². The third-order valence-electron chi connectivity index (χ3n) is 2.21. The smallest absolute Gasteiger partial charge is 0.325 e. The van der Waals surface area contributed by atoms with E-state index in [4.69, 9.17) is 5.11 Å². The highest BCUT2D eigenvalue weighted by Gasteiger charge is 2.22. The minimum Gasteiger partial charge on any atom is -0.480 e. The molecule has 0 aliphatic rings. The van der Waals surface area contributed by atoms with E-state index in [-0.39, 0.29) is 11.4 Å². The number of hydrogen-bond acceptors (Lipinski definition) is 5. The SMILES string of the molecule is Cn1cc(-c2nn(CC(=O)O)cc2[N+](=O)[O-])cn1. The van der Waals surface area contributed by atoms with Crippen molar-refractivity contribution in [2.45, 2.75) is 6.54 Å². The maximum atomic E-state index is 10.9. The lowest BCUT2D eigenvalue weighted by Crippen LogP contribution is -2.08. The average molecular weight is 251 g/mol. The Labute approximate surface area is 100 Å². The molecule has 0 amide bonds. The van der Waals surface area contributed by atoms with Crippen molar-refractivity contribution in [1.29, 1.82) is 0 Å². The van der Waals surface area contributed by atoms with Crippen LogP contribution in [0.25, 0.3) is 11.3 Å². The van der Waals surface area contributed by atoms with Crippen molar-refractivity contribution in [3.8, 4) is 11.3 Å². The topological polar surface area (TPSA) is 116 Å². The Kier molecular flexibility index (Phi) is 2.80. The van der Waals surface area contributed by atoms with Crippen LogP contribution in [0.15, 0.2) is 18.6 Å². The number of nitrogens with zero attached hydrogens (tertiary/aromatic N) is 5. The van der Waals surface area contributed by atoms with Crippen LogP contribution in [0.4, 0.5) is 5.69 Å². The first kappa shape index (κ1) is 11.8. The molecule has 18 heavy (non-hydrogen) atoms. The summed E-state index contributed by atoms with van der Waals surface area (Å²) in [5.41, 5.74) is 0.326. The van der Waals surface area contributed by atoms with Crippen molar-refractivity contribution in [2.24, 2.45) is 7.05 Å². The highest BCUT2D eigenvalue weighted by atomic mass is 16.6. The van der Waals surface area contributed by atoms with E-state index >= 15 is 0 Å². The van der Waals surface area contributed by atoms with Crippen LogP contribution >= 0.6 is 0 Å². The fraction of sp³-hybridized carbons (Fsp3) is 0.222. The van der Waals surface area contributed by atoms with Gasteiger partial charge in [0, 0.05) is 18.8 Å². The van der Waals surface area contributed by atoms with Gasteiger partial charge in [-0.3, -0.25) is 24.3 Å². The number of rotatable bonds is 4. The molecular formula is C9H9N5O4. The molecule has 1 N–H and O–H groups in total. The molecule has 0 bridgehead atoms. The Balaban J connectivity index is 2.47. The van der Waals surface area contributed by atoms with Gasteiger partial charge in [0.15, 0.2) is 5.69 Å². The molecule has 0 aromatic carbocycles. The molecule has 9 nitrogen and oxygen atoms in total. The van der Waals surface area contributed by atoms with Gasteiger partial charge in [0.25, 0.3) is 0 Å². The Hall–Kier alpha value is -2.71. The van der Waals surface area contributed by atoms with E-state index in [1.807, 2.05) is 0 Å². The van der Waals surface area contributed by atoms with Gasteiger partial charge in [-0.15, -0.1) is 0 Å². The van der Waals surface area contributed by atoms with Gasteiger partial charge in [-0.05, 0) is 0 Å². The molecule has 0 fully saturated rings. The molecule has 2 aromatic heterocycles. The Morgan fingerprint density at radius 1 is 1.56 bits per heavy atom. The number of carbonyl (C=O) groups is 1. The number of aromatic nitrogens is 4. The van der Waals surface area contributed by atoms with Crippen LogP contribution in [0.5, 0.6) is 0 Å². The molecule has 0 unspecified atom stereocenters. The van der Waals surface area contributed by atoms with E-state index in [9.17, 15) is 14.9 Å². The predicted octanol–water partition coefficient (Wildman–Crippen LogP) is 0.276. The van der Waals surface area contributed by atoms with Crippen LogP contribution in [0.3, 0.4) is 0 Å². The molecule has 2 heterocycles. The molecular weight excluding hydrogens is 242 g/mol. The predicted molar refractivity (Wildman–Crippen MR) is 58.7 cm³/mol. The Morgan fingerprint density at radius 3 is 2.78 bits per heavy atom. The Bertz CT molecular complexity index is 614. The largest absolute Gasteiger partial charge is 0.480 e. The lowest BCUT2D eigenvalue weighted by Gasteiger charge is -1.92. The summed E-state index contributed by atoms with van der Waals surface area (Å²) in [6.07, 6.45) is 4.09. The monoisotopic (exact) mass is 251 g/mol. The molecule has 0 aliphatic carbocycles. The standard InChI is InChI=1S/C9H9N5O4/c1-12-3-6(2-10-12)9-7(14(17)18)4-13(11-9)5-8(15)16/h2-4H,5H2,1H3,(H,15,16). The van der Waals surface area contributed by atoms with Crippen LogP contribution in [-0.2, 0) is 18.4 Å². The van der Waals surface area contributed by atoms with Crippen molar-refractivity contribution in [3.05, 3.63) is 28.7 Å². The summed E-state index contributed by atoms with van der Waals surface area (Å²) >= 11 is 0. The molecule has 0 aliphatic heterocycles. The minimum absolute atomic E-state index is 0.106. The van der Waals surface area contributed by atoms with Crippen molar-refractivity contribution < 1.29 is 14.8 Å². The molecule has 0 atom stereocenters. The van der Waals surface area contributed by atoms with Gasteiger partial charge in [-0.25, -0.2) is 0 Å². The summed E-state index contributed by atoms with van der Waals surface area (Å²) in [6, 6.07) is 0. The van der Waals surface area contributed by atoms with Crippen molar-refractivity contribution >= 4 is 11.7 Å². The molecule has 0 saturated carbocycles. The second-order valence-corrected chi connectivity index (χ2v) is 3.61. The molecule has 0 saturated heterocycles. The van der Waals surface area contributed by atoms with E-state index in [1.165, 1.54) is 10.9 Å². The Morgan fingerprint density at radius 2 is 2.28 bits per heavy atom.